The Morgan fingerprint density at radius 1 is 1.61 bits per heavy atom. The molecule has 96 valence electrons. The van der Waals surface area contributed by atoms with Gasteiger partial charge in [-0.3, -0.25) is 4.98 Å². The topological polar surface area (TPSA) is 85.1 Å². The summed E-state index contributed by atoms with van der Waals surface area (Å²) in [6.45, 7) is 1.77. The molecule has 0 radical (unpaired) electrons. The molecule has 0 bridgehead atoms. The van der Waals surface area contributed by atoms with Gasteiger partial charge in [0.1, 0.15) is 0 Å². The molecule has 0 spiro atoms. The second-order valence-corrected chi connectivity index (χ2v) is 8.09. The molecular formula is C11H13ClN3O2P. The van der Waals surface area contributed by atoms with E-state index < -0.39 is 13.2 Å². The summed E-state index contributed by atoms with van der Waals surface area (Å²) >= 11 is 6.10. The molecule has 0 saturated heterocycles. The van der Waals surface area contributed by atoms with Gasteiger partial charge in [0, 0.05) is 12.3 Å². The van der Waals surface area contributed by atoms with E-state index in [0.717, 1.165) is 5.57 Å². The molecule has 0 saturated carbocycles. The van der Waals surface area contributed by atoms with Crippen molar-refractivity contribution >= 4 is 36.0 Å². The van der Waals surface area contributed by atoms with E-state index in [1.54, 1.807) is 12.7 Å². The minimum absolute atomic E-state index is 0.411. The summed E-state index contributed by atoms with van der Waals surface area (Å²) in [5, 5.41) is 2.81. The number of amides is 2. The maximum Gasteiger partial charge on any atom is 0.316 e. The Kier molecular flexibility index (Phi) is 3.46. The van der Waals surface area contributed by atoms with Crippen LogP contribution in [-0.2, 0) is 4.57 Å². The summed E-state index contributed by atoms with van der Waals surface area (Å²) in [7, 11) is -2.10. The Morgan fingerprint density at radius 3 is 2.83 bits per heavy atom. The molecule has 0 aliphatic carbocycles. The van der Waals surface area contributed by atoms with Crippen LogP contribution in [0.5, 0.6) is 0 Å². The van der Waals surface area contributed by atoms with E-state index >= 15 is 0 Å². The van der Waals surface area contributed by atoms with E-state index in [4.69, 9.17) is 17.3 Å². The van der Waals surface area contributed by atoms with Crippen molar-refractivity contribution in [2.24, 2.45) is 5.73 Å². The third-order valence-corrected chi connectivity index (χ3v) is 4.89. The van der Waals surface area contributed by atoms with Gasteiger partial charge in [-0.1, -0.05) is 17.7 Å². The van der Waals surface area contributed by atoms with Crippen molar-refractivity contribution in [3.8, 4) is 0 Å². The molecule has 2 heterocycles. The average molecular weight is 286 g/mol. The number of primary amides is 1. The highest BCUT2D eigenvalue weighted by Gasteiger charge is 2.25. The number of carbonyl (C=O) groups is 1. The van der Waals surface area contributed by atoms with Crippen molar-refractivity contribution in [1.29, 1.82) is 0 Å². The molecule has 0 fully saturated rings. The monoisotopic (exact) mass is 285 g/mol. The Bertz CT molecular complexity index is 586. The Balaban J connectivity index is 2.26. The molecule has 1 atom stereocenters. The Morgan fingerprint density at radius 2 is 2.33 bits per heavy atom. The van der Waals surface area contributed by atoms with Crippen molar-refractivity contribution in [3.63, 3.8) is 0 Å². The van der Waals surface area contributed by atoms with Gasteiger partial charge in [-0.25, -0.2) is 4.79 Å². The predicted molar refractivity (Wildman–Crippen MR) is 73.7 cm³/mol. The van der Waals surface area contributed by atoms with Gasteiger partial charge in [0.05, 0.1) is 29.7 Å². The molecule has 5 nitrogen and oxygen atoms in total. The van der Waals surface area contributed by atoms with Crippen molar-refractivity contribution in [1.82, 2.24) is 4.98 Å². The van der Waals surface area contributed by atoms with E-state index in [9.17, 15) is 9.36 Å². The van der Waals surface area contributed by atoms with Crippen LogP contribution in [0.2, 0.25) is 5.02 Å². The van der Waals surface area contributed by atoms with Crippen molar-refractivity contribution in [2.45, 2.75) is 0 Å². The number of rotatable bonds is 2. The average Bonchev–Trinajstić information content (AvgIpc) is 2.58. The zero-order chi connectivity index (χ0) is 13.3. The van der Waals surface area contributed by atoms with E-state index in [1.807, 2.05) is 6.08 Å². The van der Waals surface area contributed by atoms with Gasteiger partial charge in [0.2, 0.25) is 0 Å². The smallest absolute Gasteiger partial charge is 0.316 e. The number of nitrogens with zero attached hydrogens (tertiary/aromatic N) is 1. The number of allylic oxidation sites excluding steroid dienone is 2. The van der Waals surface area contributed by atoms with E-state index in [1.165, 1.54) is 6.20 Å². The fourth-order valence-electron chi connectivity index (χ4n) is 1.85. The summed E-state index contributed by atoms with van der Waals surface area (Å²) in [5.41, 5.74) is 6.96. The van der Waals surface area contributed by atoms with Gasteiger partial charge in [-0.2, -0.15) is 0 Å². The Hall–Kier alpha value is -1.32. The number of aromatic nitrogens is 1. The first kappa shape index (κ1) is 13.1. The number of carbonyl (C=O) groups excluding carboxylic acids is 1. The van der Waals surface area contributed by atoms with Gasteiger partial charge >= 0.3 is 6.03 Å². The highest BCUT2D eigenvalue weighted by Crippen LogP contribution is 2.50. The third kappa shape index (κ3) is 2.92. The standard InChI is InChI=1S/C11H13ClN3O2P/c1-18(17)3-2-7(6-18)10-9(12)4-8(5-14-10)15-11(13)16/h2,4-5H,3,6H2,1H3,(H3,13,15,16). The zero-order valence-corrected chi connectivity index (χ0v) is 11.5. The minimum Gasteiger partial charge on any atom is -0.351 e. The minimum atomic E-state index is -2.10. The first-order valence-corrected chi connectivity index (χ1v) is 8.24. The first-order valence-electron chi connectivity index (χ1n) is 5.34. The highest BCUT2D eigenvalue weighted by atomic mass is 35.5. The molecule has 1 aromatic rings. The molecule has 1 unspecified atom stereocenters. The zero-order valence-electron chi connectivity index (χ0n) is 9.81. The lowest BCUT2D eigenvalue weighted by molar-refractivity contribution is 0.259. The molecule has 7 heteroatoms. The summed E-state index contributed by atoms with van der Waals surface area (Å²) < 4.78 is 11.9. The second-order valence-electron chi connectivity index (χ2n) is 4.41. The van der Waals surface area contributed by atoms with E-state index in [-0.39, 0.29) is 0 Å². The largest absolute Gasteiger partial charge is 0.351 e. The van der Waals surface area contributed by atoms with Gasteiger partial charge in [-0.05, 0) is 18.3 Å². The van der Waals surface area contributed by atoms with Crippen LogP contribution < -0.4 is 11.1 Å². The third-order valence-electron chi connectivity index (χ3n) is 2.64. The van der Waals surface area contributed by atoms with Crippen molar-refractivity contribution in [3.05, 3.63) is 29.1 Å². The molecule has 18 heavy (non-hydrogen) atoms. The molecule has 1 aliphatic rings. The maximum atomic E-state index is 11.9. The number of nitrogens with two attached hydrogens (primary N) is 1. The number of pyridine rings is 1. The van der Waals surface area contributed by atoms with Crippen LogP contribution in [0.1, 0.15) is 5.69 Å². The number of anilines is 1. The second kappa shape index (κ2) is 4.75. The van der Waals surface area contributed by atoms with Crippen LogP contribution >= 0.6 is 18.7 Å². The van der Waals surface area contributed by atoms with Crippen LogP contribution in [0, 0.1) is 0 Å². The molecule has 2 amide bonds. The normalized spacial score (nSPS) is 22.7. The van der Waals surface area contributed by atoms with Crippen LogP contribution in [0.15, 0.2) is 18.3 Å². The predicted octanol–water partition coefficient (Wildman–Crippen LogP) is 2.62. The van der Waals surface area contributed by atoms with Crippen LogP contribution in [-0.4, -0.2) is 30.0 Å². The fourth-order valence-corrected chi connectivity index (χ4v) is 3.87. The van der Waals surface area contributed by atoms with Gasteiger partial charge in [0.15, 0.2) is 0 Å². The van der Waals surface area contributed by atoms with Crippen LogP contribution in [0.3, 0.4) is 0 Å². The highest BCUT2D eigenvalue weighted by molar-refractivity contribution is 7.64. The quantitative estimate of drug-likeness (QED) is 0.819. The summed E-state index contributed by atoms with van der Waals surface area (Å²) in [4.78, 5) is 14.9. The molecular weight excluding hydrogens is 273 g/mol. The van der Waals surface area contributed by atoms with Crippen molar-refractivity contribution in [2.75, 3.05) is 24.3 Å². The lowest BCUT2D eigenvalue weighted by Gasteiger charge is -2.08. The van der Waals surface area contributed by atoms with Gasteiger partial charge < -0.3 is 15.6 Å². The number of nitrogens with one attached hydrogen (secondary N) is 1. The number of hydrogen-bond acceptors (Lipinski definition) is 3. The van der Waals surface area contributed by atoms with Crippen LogP contribution in [0.25, 0.3) is 5.57 Å². The van der Waals surface area contributed by atoms with Crippen molar-refractivity contribution < 1.29 is 9.36 Å². The SMILES string of the molecule is CP1(=O)CC=C(c2ncc(NC(N)=O)cc2Cl)C1. The van der Waals surface area contributed by atoms with E-state index in [0.29, 0.717) is 28.7 Å². The number of halogens is 1. The summed E-state index contributed by atoms with van der Waals surface area (Å²) in [6, 6.07) is 0.910. The van der Waals surface area contributed by atoms with Gasteiger partial charge in [0.25, 0.3) is 0 Å². The fraction of sp³-hybridized carbons (Fsp3) is 0.273. The molecule has 2 rings (SSSR count). The number of hydrogen-bond donors (Lipinski definition) is 2. The molecule has 3 N–H and O–H groups in total. The number of urea groups is 1. The van der Waals surface area contributed by atoms with Crippen LogP contribution in [0.4, 0.5) is 10.5 Å². The first-order chi connectivity index (χ1) is 8.37. The summed E-state index contributed by atoms with van der Waals surface area (Å²) in [6.07, 6.45) is 4.49. The maximum absolute atomic E-state index is 11.9. The molecule has 1 aliphatic heterocycles. The summed E-state index contributed by atoms with van der Waals surface area (Å²) in [5.74, 6) is 0. The van der Waals surface area contributed by atoms with Gasteiger partial charge in [-0.15, -0.1) is 0 Å². The molecule has 0 aromatic carbocycles. The Labute approximate surface area is 110 Å². The lowest BCUT2D eigenvalue weighted by Crippen LogP contribution is -2.19. The van der Waals surface area contributed by atoms with E-state index in [2.05, 4.69) is 10.3 Å². The lowest BCUT2D eigenvalue weighted by atomic mass is 10.2. The molecule has 1 aromatic heterocycles.